The van der Waals surface area contributed by atoms with Gasteiger partial charge in [0, 0.05) is 6.61 Å². The molecule has 0 saturated carbocycles. The highest BCUT2D eigenvalue weighted by molar-refractivity contribution is 6.62. The molecule has 0 aliphatic heterocycles. The van der Waals surface area contributed by atoms with Gasteiger partial charge in [0.2, 0.25) is 4.17 Å². The lowest BCUT2D eigenvalue weighted by atomic mass is 10.5. The second kappa shape index (κ2) is 16.7. The van der Waals surface area contributed by atoms with E-state index in [1.165, 1.54) is 4.17 Å². The Bertz CT molecular complexity index is 44.7. The molecule has 0 atom stereocenters. The van der Waals surface area contributed by atoms with Crippen LogP contribution in [0.25, 0.3) is 0 Å². The van der Waals surface area contributed by atoms with E-state index in [2.05, 4.69) is 34.8 Å². The third kappa shape index (κ3) is 34.9. The Labute approximate surface area is 85.0 Å². The van der Waals surface area contributed by atoms with Crippen molar-refractivity contribution in [3.63, 3.8) is 0 Å². The normalized spacial score (nSPS) is 7.80. The first-order chi connectivity index (χ1) is 4.18. The molecule has 0 aromatic rings. The molecule has 59 valence electrons. The zero-order valence-electron chi connectivity index (χ0n) is 7.26. The first-order valence-electron chi connectivity index (χ1n) is 3.59. The van der Waals surface area contributed by atoms with Crippen molar-refractivity contribution in [3.05, 3.63) is 0 Å². The second-order valence-corrected chi connectivity index (χ2v) is 7.50. The van der Waals surface area contributed by atoms with Crippen LogP contribution in [0.3, 0.4) is 0 Å². The monoisotopic (exact) mass is 193 g/mol. The Hall–Kier alpha value is 1.23. The van der Waals surface area contributed by atoms with Crippen molar-refractivity contribution in [2.45, 2.75) is 30.6 Å². The van der Waals surface area contributed by atoms with Gasteiger partial charge in [0.05, 0.1) is 0 Å². The van der Waals surface area contributed by atoms with Crippen molar-refractivity contribution < 1.29 is 5.11 Å². The lowest BCUT2D eigenvalue weighted by Crippen LogP contribution is -1.95. The number of hydrogen-bond donors (Lipinski definition) is 1. The molecule has 7 radical (unpaired) electrons. The van der Waals surface area contributed by atoms with Crippen LogP contribution in [-0.2, 0) is 0 Å². The van der Waals surface area contributed by atoms with Gasteiger partial charge in [-0.1, -0.05) is 20.0 Å². The molecular weight excluding hydrogens is 176 g/mol. The average Bonchev–Trinajstić information content (AvgIpc) is 1.89. The van der Waals surface area contributed by atoms with Crippen molar-refractivity contribution >= 4 is 42.9 Å². The highest BCUT2D eigenvalue weighted by Gasteiger charge is 2.24. The molecule has 0 fully saturated rings. The van der Waals surface area contributed by atoms with Gasteiger partial charge in [-0.3, -0.25) is 0 Å². The molecule has 1 nitrogen and oxygen atoms in total. The number of aliphatic hydroxyl groups is 1. The number of aliphatic hydroxyl groups excluding tert-OH is 1. The first kappa shape index (κ1) is 17.4. The molecule has 4 heteroatoms. The van der Waals surface area contributed by atoms with Gasteiger partial charge in [-0.25, -0.2) is 0 Å². The predicted molar refractivity (Wildman–Crippen MR) is 54.1 cm³/mol. The SMILES string of the molecule is CCCO.C[SiH](C)[CH2][Mg+2].Cl. The first-order valence-corrected chi connectivity index (χ1v) is 7.71. The molecule has 0 aliphatic carbocycles. The van der Waals surface area contributed by atoms with E-state index in [0.717, 1.165) is 6.42 Å². The Balaban J connectivity index is -0.0000000910. The maximum atomic E-state index is 7.88. The Morgan fingerprint density at radius 2 is 1.60 bits per heavy atom. The van der Waals surface area contributed by atoms with Crippen molar-refractivity contribution in [1.82, 2.24) is 0 Å². The largest absolute Gasteiger partial charge is 1.41 e. The minimum absolute atomic E-state index is 0. The van der Waals surface area contributed by atoms with Gasteiger partial charge in [-0.2, -0.15) is 0 Å². The van der Waals surface area contributed by atoms with E-state index < -0.39 is 0 Å². The van der Waals surface area contributed by atoms with E-state index in [1.807, 2.05) is 6.92 Å². The molecule has 0 saturated heterocycles. The molecule has 0 heterocycles. The molecule has 0 rings (SSSR count). The van der Waals surface area contributed by atoms with Crippen LogP contribution < -0.4 is 0 Å². The van der Waals surface area contributed by atoms with Crippen LogP contribution in [0.4, 0.5) is 0 Å². The fourth-order valence-electron chi connectivity index (χ4n) is 0. The van der Waals surface area contributed by atoms with E-state index in [0.29, 0.717) is 6.61 Å². The zero-order valence-corrected chi connectivity index (χ0v) is 10.6. The van der Waals surface area contributed by atoms with E-state index in [4.69, 9.17) is 5.11 Å². The molecule has 0 aliphatic rings. The van der Waals surface area contributed by atoms with Crippen LogP contribution in [0.2, 0.25) is 17.3 Å². The predicted octanol–water partition coefficient (Wildman–Crippen LogP) is 1.41. The fourth-order valence-corrected chi connectivity index (χ4v) is 0. The van der Waals surface area contributed by atoms with Crippen molar-refractivity contribution in [3.8, 4) is 0 Å². The summed E-state index contributed by atoms with van der Waals surface area (Å²) >= 11 is 2.10. The third-order valence-corrected chi connectivity index (χ3v) is 5.42. The molecule has 10 heavy (non-hydrogen) atoms. The lowest BCUT2D eigenvalue weighted by Gasteiger charge is -1.71. The Morgan fingerprint density at radius 1 is 1.40 bits per heavy atom. The van der Waals surface area contributed by atoms with Crippen molar-refractivity contribution in [2.24, 2.45) is 0 Å². The minimum Gasteiger partial charge on any atom is -0.396 e. The second-order valence-electron chi connectivity index (χ2n) is 2.41. The van der Waals surface area contributed by atoms with Crippen LogP contribution >= 0.6 is 12.4 Å². The summed E-state index contributed by atoms with van der Waals surface area (Å²) in [6.45, 7) is 6.99. The zero-order chi connectivity index (χ0) is 7.70. The van der Waals surface area contributed by atoms with Gasteiger partial charge < -0.3 is 5.11 Å². The molecule has 0 aromatic heterocycles. The number of rotatable bonds is 2. The molecule has 0 unspecified atom stereocenters. The molecule has 0 spiro atoms. The smallest absolute Gasteiger partial charge is 0.396 e. The average molecular weight is 194 g/mol. The quantitative estimate of drug-likeness (QED) is 0.659. The van der Waals surface area contributed by atoms with Gasteiger partial charge in [-0.05, 0) is 6.42 Å². The van der Waals surface area contributed by atoms with E-state index in [-0.39, 0.29) is 21.2 Å². The third-order valence-electron chi connectivity index (χ3n) is 0.801. The van der Waals surface area contributed by atoms with E-state index in [9.17, 15) is 0 Å². The molecular formula is C6H18ClMgOSi+2. The van der Waals surface area contributed by atoms with Crippen molar-refractivity contribution in [2.75, 3.05) is 6.61 Å². The topological polar surface area (TPSA) is 20.2 Å². The molecule has 1 N–H and O–H groups in total. The summed E-state index contributed by atoms with van der Waals surface area (Å²) < 4.78 is 1.47. The van der Waals surface area contributed by atoms with Gasteiger partial charge in [0.15, 0.2) is 0 Å². The Kier molecular flexibility index (Phi) is 28.9. The fraction of sp³-hybridized carbons (Fsp3) is 1.00. The Morgan fingerprint density at radius 3 is 1.60 bits per heavy atom. The summed E-state index contributed by atoms with van der Waals surface area (Å²) in [6.07, 6.45) is 0.875. The van der Waals surface area contributed by atoms with Crippen LogP contribution in [0.5, 0.6) is 0 Å². The van der Waals surface area contributed by atoms with Crippen LogP contribution in [0.1, 0.15) is 13.3 Å². The van der Waals surface area contributed by atoms with Crippen LogP contribution in [-0.4, -0.2) is 42.2 Å². The van der Waals surface area contributed by atoms with Gasteiger partial charge in [0.25, 0.3) is 0 Å². The maximum Gasteiger partial charge on any atom is 1.41 e. The van der Waals surface area contributed by atoms with E-state index >= 15 is 0 Å². The minimum atomic E-state index is -0.137. The molecule has 0 aromatic carbocycles. The number of hydrogen-bond acceptors (Lipinski definition) is 1. The highest BCUT2D eigenvalue weighted by atomic mass is 35.5. The standard InChI is InChI=1S/C3H8O.C3H9Si.ClH.Mg/c1-2-3-4;1-4(2)3;;/h4H,2-3H2,1H3;4H,1H2,2-3H3;1H;/q;;;+2. The van der Waals surface area contributed by atoms with Gasteiger partial charge in [-0.15, -0.1) is 12.4 Å². The summed E-state index contributed by atoms with van der Waals surface area (Å²) in [5, 5.41) is 7.88. The maximum absolute atomic E-state index is 7.88. The summed E-state index contributed by atoms with van der Waals surface area (Å²) in [4.78, 5) is 0. The highest BCUT2D eigenvalue weighted by Crippen LogP contribution is 1.79. The van der Waals surface area contributed by atoms with E-state index in [1.54, 1.807) is 0 Å². The van der Waals surface area contributed by atoms with Gasteiger partial charge in [0.1, 0.15) is 8.80 Å². The summed E-state index contributed by atoms with van der Waals surface area (Å²) in [7, 11) is -0.137. The van der Waals surface area contributed by atoms with Crippen LogP contribution in [0, 0.1) is 0 Å². The lowest BCUT2D eigenvalue weighted by molar-refractivity contribution is 0.295. The van der Waals surface area contributed by atoms with Crippen LogP contribution in [0.15, 0.2) is 0 Å². The molecule has 0 bridgehead atoms. The summed E-state index contributed by atoms with van der Waals surface area (Å²) in [5.41, 5.74) is 0. The molecule has 0 amide bonds. The van der Waals surface area contributed by atoms with Crippen molar-refractivity contribution in [1.29, 1.82) is 0 Å². The number of halogens is 1. The van der Waals surface area contributed by atoms with Gasteiger partial charge >= 0.3 is 21.7 Å². The summed E-state index contributed by atoms with van der Waals surface area (Å²) in [6, 6.07) is 0. The summed E-state index contributed by atoms with van der Waals surface area (Å²) in [5.74, 6) is 0.